The molecular weight excluding hydrogens is 363 g/mol. The number of hydrogen-bond donors (Lipinski definition) is 1. The third-order valence-electron chi connectivity index (χ3n) is 3.55. The van der Waals surface area contributed by atoms with E-state index in [0.29, 0.717) is 11.4 Å². The Morgan fingerprint density at radius 3 is 2.35 bits per heavy atom. The maximum absolute atomic E-state index is 12.9. The molecule has 0 aromatic heterocycles. The lowest BCUT2D eigenvalue weighted by molar-refractivity contribution is -0.116. The second-order valence-corrected chi connectivity index (χ2v) is 7.35. The molecule has 0 saturated heterocycles. The summed E-state index contributed by atoms with van der Waals surface area (Å²) in [4.78, 5) is 12.0. The van der Waals surface area contributed by atoms with Gasteiger partial charge in [-0.05, 0) is 36.4 Å². The minimum absolute atomic E-state index is 0.114. The molecule has 0 saturated carbocycles. The molecule has 1 N–H and O–H groups in total. The van der Waals surface area contributed by atoms with E-state index in [2.05, 4.69) is 5.32 Å². The molecule has 2 aromatic carbocycles. The Kier molecular flexibility index (Phi) is 6.17. The van der Waals surface area contributed by atoms with Gasteiger partial charge in [0.05, 0.1) is 20.8 Å². The molecule has 9 heteroatoms. The second-order valence-electron chi connectivity index (χ2n) is 5.33. The number of carbonyl (C=O) groups excluding carboxylic acids is 1. The van der Waals surface area contributed by atoms with Crippen LogP contribution in [0, 0.1) is 5.82 Å². The molecule has 2 rings (SSSR count). The highest BCUT2D eigenvalue weighted by atomic mass is 32.2. The normalized spacial score (nSPS) is 11.3. The van der Waals surface area contributed by atoms with Gasteiger partial charge >= 0.3 is 0 Å². The maximum Gasteiger partial charge on any atom is 0.247 e. The van der Waals surface area contributed by atoms with Crippen molar-refractivity contribution < 1.29 is 27.1 Å². The van der Waals surface area contributed by atoms with Crippen molar-refractivity contribution in [3.8, 4) is 11.5 Å². The number of ether oxygens (including phenoxy) is 2. The van der Waals surface area contributed by atoms with Crippen molar-refractivity contribution in [2.45, 2.75) is 4.90 Å². The van der Waals surface area contributed by atoms with E-state index in [1.54, 1.807) is 6.07 Å². The zero-order valence-corrected chi connectivity index (χ0v) is 15.3. The lowest BCUT2D eigenvalue weighted by atomic mass is 10.3. The van der Waals surface area contributed by atoms with E-state index >= 15 is 0 Å². The molecule has 140 valence electrons. The third-order valence-corrected chi connectivity index (χ3v) is 5.38. The van der Waals surface area contributed by atoms with E-state index < -0.39 is 28.3 Å². The number of nitrogens with zero attached hydrogens (tertiary/aromatic N) is 1. The van der Waals surface area contributed by atoms with Crippen LogP contribution in [0.2, 0.25) is 0 Å². The van der Waals surface area contributed by atoms with Gasteiger partial charge in [0, 0.05) is 18.8 Å². The molecule has 0 fully saturated rings. The van der Waals surface area contributed by atoms with Crippen molar-refractivity contribution in [1.29, 1.82) is 0 Å². The molecule has 2 aromatic rings. The van der Waals surface area contributed by atoms with E-state index in [-0.39, 0.29) is 10.6 Å². The second kappa shape index (κ2) is 8.15. The highest BCUT2D eigenvalue weighted by molar-refractivity contribution is 7.89. The van der Waals surface area contributed by atoms with E-state index in [9.17, 15) is 17.6 Å². The summed E-state index contributed by atoms with van der Waals surface area (Å²) in [5, 5.41) is 2.51. The zero-order valence-electron chi connectivity index (χ0n) is 14.5. The molecule has 0 unspecified atom stereocenters. The highest BCUT2D eigenvalue weighted by Crippen LogP contribution is 2.30. The molecule has 0 atom stereocenters. The molecule has 0 spiro atoms. The average Bonchev–Trinajstić information content (AvgIpc) is 2.62. The summed E-state index contributed by atoms with van der Waals surface area (Å²) in [7, 11) is 0.0394. The Bertz CT molecular complexity index is 885. The van der Waals surface area contributed by atoms with Crippen LogP contribution < -0.4 is 14.8 Å². The molecule has 0 radical (unpaired) electrons. The molecule has 0 heterocycles. The van der Waals surface area contributed by atoms with Crippen molar-refractivity contribution in [2.24, 2.45) is 0 Å². The quantitative estimate of drug-likeness (QED) is 0.793. The first kappa shape index (κ1) is 19.7. The number of likely N-dealkylation sites (N-methyl/N-ethyl adjacent to an activating group) is 1. The lowest BCUT2D eigenvalue weighted by Gasteiger charge is -2.19. The standard InChI is InChI=1S/C17H19FN2O5S/c1-20(11-17(21)19-13-6-4-12(18)5-7-13)26(22,23)16-10-14(24-2)8-9-15(16)25-3/h4-10H,11H2,1-3H3,(H,19,21). The summed E-state index contributed by atoms with van der Waals surface area (Å²) in [6, 6.07) is 9.51. The molecular formula is C17H19FN2O5S. The van der Waals surface area contributed by atoms with Crippen LogP contribution in [0.15, 0.2) is 47.4 Å². The molecule has 0 aliphatic rings. The summed E-state index contributed by atoms with van der Waals surface area (Å²) >= 11 is 0. The van der Waals surface area contributed by atoms with Crippen molar-refractivity contribution in [1.82, 2.24) is 4.31 Å². The van der Waals surface area contributed by atoms with Crippen molar-refractivity contribution in [2.75, 3.05) is 33.1 Å². The van der Waals surface area contributed by atoms with E-state index in [1.807, 2.05) is 0 Å². The van der Waals surface area contributed by atoms with Crippen LogP contribution in [0.3, 0.4) is 0 Å². The minimum atomic E-state index is -4.00. The van der Waals surface area contributed by atoms with Gasteiger partial charge in [0.25, 0.3) is 0 Å². The third kappa shape index (κ3) is 4.50. The van der Waals surface area contributed by atoms with Gasteiger partial charge in [-0.2, -0.15) is 4.31 Å². The van der Waals surface area contributed by atoms with Crippen LogP contribution in [0.25, 0.3) is 0 Å². The van der Waals surface area contributed by atoms with Gasteiger partial charge < -0.3 is 14.8 Å². The summed E-state index contributed by atoms with van der Waals surface area (Å²) in [6.45, 7) is -0.430. The van der Waals surface area contributed by atoms with Crippen molar-refractivity contribution in [3.05, 3.63) is 48.3 Å². The number of nitrogens with one attached hydrogen (secondary N) is 1. The average molecular weight is 382 g/mol. The number of anilines is 1. The Hall–Kier alpha value is -2.65. The highest BCUT2D eigenvalue weighted by Gasteiger charge is 2.27. The van der Waals surface area contributed by atoms with E-state index in [4.69, 9.17) is 9.47 Å². The number of sulfonamides is 1. The number of benzene rings is 2. The van der Waals surface area contributed by atoms with Crippen molar-refractivity contribution in [3.63, 3.8) is 0 Å². The smallest absolute Gasteiger partial charge is 0.247 e. The number of hydrogen-bond acceptors (Lipinski definition) is 5. The summed E-state index contributed by atoms with van der Waals surface area (Å²) < 4.78 is 49.5. The Morgan fingerprint density at radius 2 is 1.77 bits per heavy atom. The monoisotopic (exact) mass is 382 g/mol. The van der Waals surface area contributed by atoms with Crippen LogP contribution in [-0.2, 0) is 14.8 Å². The van der Waals surface area contributed by atoms with Crippen LogP contribution in [0.4, 0.5) is 10.1 Å². The van der Waals surface area contributed by atoms with Crippen LogP contribution in [0.5, 0.6) is 11.5 Å². The first-order valence-electron chi connectivity index (χ1n) is 7.51. The SMILES string of the molecule is COc1ccc(OC)c(S(=O)(=O)N(C)CC(=O)Nc2ccc(F)cc2)c1. The number of methoxy groups -OCH3 is 2. The first-order chi connectivity index (χ1) is 12.3. The Morgan fingerprint density at radius 1 is 1.12 bits per heavy atom. The number of halogens is 1. The lowest BCUT2D eigenvalue weighted by Crippen LogP contribution is -2.35. The van der Waals surface area contributed by atoms with Gasteiger partial charge in [-0.3, -0.25) is 4.79 Å². The first-order valence-corrected chi connectivity index (χ1v) is 8.95. The van der Waals surface area contributed by atoms with E-state index in [0.717, 1.165) is 4.31 Å². The molecule has 0 aliphatic carbocycles. The van der Waals surface area contributed by atoms with Gasteiger partial charge in [-0.1, -0.05) is 0 Å². The predicted octanol–water partition coefficient (Wildman–Crippen LogP) is 2.10. The summed E-state index contributed by atoms with van der Waals surface area (Å²) in [5.74, 6) is -0.525. The number of amides is 1. The maximum atomic E-state index is 12.9. The van der Waals surface area contributed by atoms with E-state index in [1.165, 1.54) is 57.7 Å². The molecule has 0 bridgehead atoms. The van der Waals surface area contributed by atoms with Crippen molar-refractivity contribution >= 4 is 21.6 Å². The van der Waals surface area contributed by atoms with Gasteiger partial charge in [0.1, 0.15) is 22.2 Å². The molecule has 1 amide bonds. The molecule has 0 aliphatic heterocycles. The van der Waals surface area contributed by atoms with Crippen LogP contribution in [-0.4, -0.2) is 46.4 Å². The van der Waals surface area contributed by atoms with Gasteiger partial charge in [0.2, 0.25) is 15.9 Å². The Balaban J connectivity index is 2.18. The topological polar surface area (TPSA) is 84.9 Å². The number of rotatable bonds is 7. The largest absolute Gasteiger partial charge is 0.497 e. The van der Waals surface area contributed by atoms with Gasteiger partial charge in [-0.15, -0.1) is 0 Å². The molecule has 26 heavy (non-hydrogen) atoms. The number of carbonyl (C=O) groups is 1. The minimum Gasteiger partial charge on any atom is -0.497 e. The fourth-order valence-corrected chi connectivity index (χ4v) is 3.47. The molecule has 7 nitrogen and oxygen atoms in total. The van der Waals surface area contributed by atoms with Gasteiger partial charge in [0.15, 0.2) is 0 Å². The van der Waals surface area contributed by atoms with Gasteiger partial charge in [-0.25, -0.2) is 12.8 Å². The van der Waals surface area contributed by atoms with Crippen LogP contribution >= 0.6 is 0 Å². The Labute approximate surface area is 151 Å². The fourth-order valence-electron chi connectivity index (χ4n) is 2.17. The van der Waals surface area contributed by atoms with Crippen LogP contribution in [0.1, 0.15) is 0 Å². The predicted molar refractivity (Wildman–Crippen MR) is 94.4 cm³/mol. The summed E-state index contributed by atoms with van der Waals surface area (Å²) in [6.07, 6.45) is 0. The zero-order chi connectivity index (χ0) is 19.3. The fraction of sp³-hybridized carbons (Fsp3) is 0.235. The summed E-state index contributed by atoms with van der Waals surface area (Å²) in [5.41, 5.74) is 0.362.